The van der Waals surface area contributed by atoms with E-state index < -0.39 is 5.91 Å². The van der Waals surface area contributed by atoms with E-state index in [0.717, 1.165) is 12.8 Å². The van der Waals surface area contributed by atoms with Crippen LogP contribution in [0.5, 0.6) is 0 Å². The van der Waals surface area contributed by atoms with E-state index in [4.69, 9.17) is 17.3 Å². The molecule has 0 aliphatic rings. The third-order valence-corrected chi connectivity index (χ3v) is 2.79. The second-order valence-electron chi connectivity index (χ2n) is 4.29. The van der Waals surface area contributed by atoms with Crippen LogP contribution >= 0.6 is 11.6 Å². The van der Waals surface area contributed by atoms with E-state index in [2.05, 4.69) is 25.0 Å². The van der Waals surface area contributed by atoms with Crippen LogP contribution in [0.3, 0.4) is 0 Å². The summed E-state index contributed by atoms with van der Waals surface area (Å²) in [4.78, 5) is 29.0. The number of anilines is 1. The van der Waals surface area contributed by atoms with Gasteiger partial charge < -0.3 is 10.6 Å². The molecular formula is C11H15ClN8O. The summed E-state index contributed by atoms with van der Waals surface area (Å²) in [5.41, 5.74) is 5.26. The molecule has 0 spiro atoms. The Morgan fingerprint density at radius 3 is 2.86 bits per heavy atom. The number of primary amides is 1. The van der Waals surface area contributed by atoms with E-state index in [1.807, 2.05) is 6.92 Å². The van der Waals surface area contributed by atoms with Crippen molar-refractivity contribution >= 4 is 23.5 Å². The highest BCUT2D eigenvalue weighted by Crippen LogP contribution is 2.13. The molecule has 0 bridgehead atoms. The highest BCUT2D eigenvalue weighted by molar-refractivity contribution is 6.28. The number of unbranched alkanes of at least 4 members (excludes halogenated alkanes) is 1. The molecule has 2 rings (SSSR count). The average Bonchev–Trinajstić information content (AvgIpc) is 2.96. The first-order chi connectivity index (χ1) is 10.1. The minimum absolute atomic E-state index is 0.0106. The van der Waals surface area contributed by atoms with Gasteiger partial charge in [-0.1, -0.05) is 13.3 Å². The monoisotopic (exact) mass is 310 g/mol. The van der Waals surface area contributed by atoms with Crippen molar-refractivity contribution in [2.75, 3.05) is 18.0 Å². The molecule has 9 nitrogen and oxygen atoms in total. The van der Waals surface area contributed by atoms with E-state index in [9.17, 15) is 4.79 Å². The maximum absolute atomic E-state index is 11.2. The van der Waals surface area contributed by atoms with Crippen molar-refractivity contribution in [3.63, 3.8) is 0 Å². The molecule has 0 fully saturated rings. The van der Waals surface area contributed by atoms with E-state index in [-0.39, 0.29) is 23.7 Å². The smallest absolute Gasteiger partial charge is 0.258 e. The van der Waals surface area contributed by atoms with Crippen molar-refractivity contribution in [2.45, 2.75) is 19.8 Å². The Balaban J connectivity index is 2.33. The number of hydrogen-bond acceptors (Lipinski definition) is 7. The second-order valence-corrected chi connectivity index (χ2v) is 4.62. The fourth-order valence-corrected chi connectivity index (χ4v) is 1.82. The lowest BCUT2D eigenvalue weighted by Gasteiger charge is -2.20. The molecule has 2 aromatic rings. The number of nitrogens with two attached hydrogens (primary N) is 1. The fraction of sp³-hybridized carbons (Fsp3) is 0.455. The Hall–Kier alpha value is -2.29. The van der Waals surface area contributed by atoms with E-state index in [1.165, 1.54) is 17.3 Å². The van der Waals surface area contributed by atoms with Crippen LogP contribution < -0.4 is 10.6 Å². The standard InChI is InChI=1S/C11H15ClN8O/c1-2-3-4-19(5-8(13)21)10-16-9(12)17-11(18-10)20-7-14-6-15-20/h6-7H,2-5H2,1H3,(H2,13,21). The van der Waals surface area contributed by atoms with Gasteiger partial charge in [-0.05, 0) is 18.0 Å². The molecule has 0 saturated carbocycles. The topological polar surface area (TPSA) is 116 Å². The van der Waals surface area contributed by atoms with E-state index in [1.54, 1.807) is 4.90 Å². The number of hydrogen-bond donors (Lipinski definition) is 1. The zero-order chi connectivity index (χ0) is 15.2. The minimum Gasteiger partial charge on any atom is -0.368 e. The molecule has 1 amide bonds. The number of aromatic nitrogens is 6. The van der Waals surface area contributed by atoms with Gasteiger partial charge in [-0.3, -0.25) is 4.79 Å². The maximum atomic E-state index is 11.2. The first-order valence-electron chi connectivity index (χ1n) is 6.40. The second kappa shape index (κ2) is 6.93. The van der Waals surface area contributed by atoms with Crippen LogP contribution in [0.15, 0.2) is 12.7 Å². The van der Waals surface area contributed by atoms with Crippen LogP contribution in [-0.2, 0) is 4.79 Å². The molecule has 0 aliphatic heterocycles. The summed E-state index contributed by atoms with van der Waals surface area (Å²) in [5.74, 6) is 0.0474. The summed E-state index contributed by atoms with van der Waals surface area (Å²) < 4.78 is 1.36. The molecule has 0 unspecified atom stereocenters. The molecule has 21 heavy (non-hydrogen) atoms. The van der Waals surface area contributed by atoms with Crippen LogP contribution in [0.2, 0.25) is 5.28 Å². The van der Waals surface area contributed by atoms with Crippen LogP contribution in [0.25, 0.3) is 5.95 Å². The highest BCUT2D eigenvalue weighted by Gasteiger charge is 2.15. The first-order valence-corrected chi connectivity index (χ1v) is 6.77. The van der Waals surface area contributed by atoms with Crippen molar-refractivity contribution < 1.29 is 4.79 Å². The molecule has 10 heteroatoms. The first kappa shape index (κ1) is 15.1. The van der Waals surface area contributed by atoms with Crippen molar-refractivity contribution in [1.29, 1.82) is 0 Å². The van der Waals surface area contributed by atoms with Crippen molar-refractivity contribution in [1.82, 2.24) is 29.7 Å². The minimum atomic E-state index is -0.468. The van der Waals surface area contributed by atoms with Crippen LogP contribution in [0.4, 0.5) is 5.95 Å². The zero-order valence-electron chi connectivity index (χ0n) is 11.5. The van der Waals surface area contributed by atoms with Crippen molar-refractivity contribution in [2.24, 2.45) is 5.73 Å². The molecule has 0 saturated heterocycles. The highest BCUT2D eigenvalue weighted by atomic mass is 35.5. The van der Waals surface area contributed by atoms with Crippen LogP contribution in [-0.4, -0.2) is 48.7 Å². The summed E-state index contributed by atoms with van der Waals surface area (Å²) in [6.45, 7) is 2.65. The largest absolute Gasteiger partial charge is 0.368 e. The summed E-state index contributed by atoms with van der Waals surface area (Å²) >= 11 is 5.91. The average molecular weight is 311 g/mol. The Labute approximate surface area is 126 Å². The summed E-state index contributed by atoms with van der Waals surface area (Å²) in [7, 11) is 0. The Morgan fingerprint density at radius 2 is 2.24 bits per heavy atom. The van der Waals surface area contributed by atoms with Gasteiger partial charge in [0.1, 0.15) is 12.7 Å². The van der Waals surface area contributed by atoms with Gasteiger partial charge >= 0.3 is 0 Å². The Bertz CT molecular complexity index is 602. The van der Waals surface area contributed by atoms with Gasteiger partial charge in [0, 0.05) is 6.54 Å². The Morgan fingerprint density at radius 1 is 1.43 bits per heavy atom. The third-order valence-electron chi connectivity index (χ3n) is 2.62. The summed E-state index contributed by atoms with van der Waals surface area (Å²) in [6.07, 6.45) is 4.63. The van der Waals surface area contributed by atoms with Gasteiger partial charge in [-0.15, -0.1) is 0 Å². The van der Waals surface area contributed by atoms with Gasteiger partial charge in [-0.25, -0.2) is 4.98 Å². The van der Waals surface area contributed by atoms with Crippen LogP contribution in [0, 0.1) is 0 Å². The van der Waals surface area contributed by atoms with Crippen molar-refractivity contribution in [3.8, 4) is 5.95 Å². The van der Waals surface area contributed by atoms with Gasteiger partial charge in [0.25, 0.3) is 5.95 Å². The lowest BCUT2D eigenvalue weighted by atomic mass is 10.3. The SMILES string of the molecule is CCCCN(CC(N)=O)c1nc(Cl)nc(-n2cncn2)n1. The molecule has 2 N–H and O–H groups in total. The summed E-state index contributed by atoms with van der Waals surface area (Å²) in [6, 6.07) is 0. The molecule has 112 valence electrons. The Kier molecular flexibility index (Phi) is 4.99. The van der Waals surface area contributed by atoms with E-state index in [0.29, 0.717) is 6.54 Å². The molecule has 2 heterocycles. The lowest BCUT2D eigenvalue weighted by molar-refractivity contribution is -0.116. The molecule has 0 aliphatic carbocycles. The quantitative estimate of drug-likeness (QED) is 0.776. The number of nitrogens with zero attached hydrogens (tertiary/aromatic N) is 7. The molecule has 2 aromatic heterocycles. The lowest BCUT2D eigenvalue weighted by Crippen LogP contribution is -2.36. The third kappa shape index (κ3) is 4.09. The van der Waals surface area contributed by atoms with Gasteiger partial charge in [0.2, 0.25) is 17.1 Å². The molecule has 0 aromatic carbocycles. The zero-order valence-corrected chi connectivity index (χ0v) is 12.2. The summed E-state index contributed by atoms with van der Waals surface area (Å²) in [5, 5.41) is 3.95. The number of halogens is 1. The maximum Gasteiger partial charge on any atom is 0.258 e. The number of carbonyl (C=O) groups excluding carboxylic acids is 1. The number of carbonyl (C=O) groups is 1. The molecule has 0 atom stereocenters. The van der Waals surface area contributed by atoms with Gasteiger partial charge in [0.05, 0.1) is 6.54 Å². The number of rotatable bonds is 7. The molecule has 0 radical (unpaired) electrons. The predicted molar refractivity (Wildman–Crippen MR) is 76.1 cm³/mol. The van der Waals surface area contributed by atoms with E-state index >= 15 is 0 Å². The van der Waals surface area contributed by atoms with Gasteiger partial charge in [-0.2, -0.15) is 24.7 Å². The fourth-order valence-electron chi connectivity index (χ4n) is 1.67. The van der Waals surface area contributed by atoms with Crippen LogP contribution in [0.1, 0.15) is 19.8 Å². The number of amides is 1. The van der Waals surface area contributed by atoms with Crippen molar-refractivity contribution in [3.05, 3.63) is 17.9 Å². The predicted octanol–water partition coefficient (Wildman–Crippen LogP) is 0.197. The molecular weight excluding hydrogens is 296 g/mol. The normalized spacial score (nSPS) is 10.6. The van der Waals surface area contributed by atoms with Gasteiger partial charge in [0.15, 0.2) is 0 Å².